The normalized spacial score (nSPS) is 12.7. The number of carbonyl (C=O) groups is 4. The summed E-state index contributed by atoms with van der Waals surface area (Å²) < 4.78 is 32.0. The quantitative estimate of drug-likeness (QED) is 0.242. The van der Waals surface area contributed by atoms with E-state index in [0.29, 0.717) is 24.0 Å². The first-order valence-electron chi connectivity index (χ1n) is 11.8. The summed E-state index contributed by atoms with van der Waals surface area (Å²) in [5.41, 5.74) is 2.00. The second-order valence-corrected chi connectivity index (χ2v) is 10.3. The first kappa shape index (κ1) is 26.6. The number of nitrogens with one attached hydrogen (secondary N) is 2. The molecule has 0 bridgehead atoms. The van der Waals surface area contributed by atoms with Crippen molar-refractivity contribution in [2.45, 2.75) is 24.7 Å². The first-order valence-corrected chi connectivity index (χ1v) is 13.3. The molecule has 10 nitrogen and oxygen atoms in total. The summed E-state index contributed by atoms with van der Waals surface area (Å²) in [6.07, 6.45) is 0.881. The molecule has 11 heteroatoms. The fourth-order valence-electron chi connectivity index (χ4n) is 3.84. The number of carbonyl (C=O) groups excluding carboxylic acids is 4. The van der Waals surface area contributed by atoms with Crippen LogP contribution < -0.4 is 10.0 Å². The predicted octanol–water partition coefficient (Wildman–Crippen LogP) is 3.74. The maximum Gasteiger partial charge on any atom is 0.338 e. The Bertz CT molecular complexity index is 1470. The summed E-state index contributed by atoms with van der Waals surface area (Å²) in [7, 11) is -4.07. The van der Waals surface area contributed by atoms with E-state index in [2.05, 4.69) is 5.32 Å². The summed E-state index contributed by atoms with van der Waals surface area (Å²) >= 11 is 0. The number of hydrogen-bond donors (Lipinski definition) is 2. The van der Waals surface area contributed by atoms with E-state index >= 15 is 0 Å². The zero-order chi connectivity index (χ0) is 27.3. The highest BCUT2D eigenvalue weighted by atomic mass is 32.2. The molecule has 0 spiro atoms. The fourth-order valence-corrected chi connectivity index (χ4v) is 4.75. The van der Waals surface area contributed by atoms with Crippen molar-refractivity contribution in [3.63, 3.8) is 0 Å². The number of nitrogens with zero attached hydrogens (tertiary/aromatic N) is 1. The van der Waals surface area contributed by atoms with Gasteiger partial charge in [-0.15, -0.1) is 0 Å². The van der Waals surface area contributed by atoms with Crippen molar-refractivity contribution in [2.75, 3.05) is 18.5 Å². The number of anilines is 1. The highest BCUT2D eigenvalue weighted by Crippen LogP contribution is 2.22. The average molecular weight is 536 g/mol. The van der Waals surface area contributed by atoms with Gasteiger partial charge in [0.25, 0.3) is 21.8 Å². The van der Waals surface area contributed by atoms with E-state index in [9.17, 15) is 27.6 Å². The number of imide groups is 1. The number of fused-ring (bicyclic) bond motifs is 1. The monoisotopic (exact) mass is 535 g/mol. The zero-order valence-electron chi connectivity index (χ0n) is 20.5. The number of amides is 4. The smallest absolute Gasteiger partial charge is 0.338 e. The Labute approximate surface area is 219 Å². The molecule has 2 N–H and O–H groups in total. The van der Waals surface area contributed by atoms with Gasteiger partial charge >= 0.3 is 12.0 Å². The van der Waals surface area contributed by atoms with Crippen LogP contribution in [0.15, 0.2) is 77.7 Å². The number of unbranched alkanes of at least 4 members (excludes halogenated alkanes) is 1. The van der Waals surface area contributed by atoms with E-state index < -0.39 is 22.0 Å². The molecule has 0 unspecified atom stereocenters. The number of sulfonamides is 1. The molecule has 0 atom stereocenters. The first-order chi connectivity index (χ1) is 18.2. The number of esters is 1. The van der Waals surface area contributed by atoms with E-state index in [4.69, 9.17) is 4.74 Å². The molecule has 196 valence electrons. The minimum atomic E-state index is -4.07. The lowest BCUT2D eigenvalue weighted by molar-refractivity contribution is 0.0485. The van der Waals surface area contributed by atoms with Crippen molar-refractivity contribution in [3.8, 4) is 0 Å². The fraction of sp³-hybridized carbons (Fsp3) is 0.185. The second kappa shape index (κ2) is 11.3. The predicted molar refractivity (Wildman–Crippen MR) is 138 cm³/mol. The SMILES string of the molecule is Cc1ccc(S(=O)(=O)NC(=O)Nc2cccc(C(=O)OCCCCN3C(=O)c4ccccc4C3=O)c2)cc1. The molecular formula is C27H25N3O7S. The second-order valence-electron chi connectivity index (χ2n) is 8.60. The number of urea groups is 1. The van der Waals surface area contributed by atoms with Gasteiger partial charge in [-0.2, -0.15) is 0 Å². The van der Waals surface area contributed by atoms with E-state index in [1.807, 2.05) is 11.6 Å². The van der Waals surface area contributed by atoms with Crippen molar-refractivity contribution < 1.29 is 32.3 Å². The number of rotatable bonds is 9. The van der Waals surface area contributed by atoms with Crippen LogP contribution in [0, 0.1) is 6.92 Å². The summed E-state index contributed by atoms with van der Waals surface area (Å²) in [6.45, 7) is 2.09. The molecule has 4 amide bonds. The van der Waals surface area contributed by atoms with Gasteiger partial charge < -0.3 is 10.1 Å². The third-order valence-electron chi connectivity index (χ3n) is 5.80. The molecule has 38 heavy (non-hydrogen) atoms. The molecule has 0 aliphatic carbocycles. The number of ether oxygens (including phenoxy) is 1. The molecule has 4 rings (SSSR count). The van der Waals surface area contributed by atoms with Gasteiger partial charge in [0.15, 0.2) is 0 Å². The molecular weight excluding hydrogens is 510 g/mol. The minimum absolute atomic E-state index is 0.0569. The Morgan fingerprint density at radius 1 is 0.868 bits per heavy atom. The Hall–Kier alpha value is -4.51. The summed E-state index contributed by atoms with van der Waals surface area (Å²) in [5.74, 6) is -1.30. The van der Waals surface area contributed by atoms with Gasteiger partial charge in [-0.3, -0.25) is 14.5 Å². The van der Waals surface area contributed by atoms with Crippen LogP contribution in [-0.4, -0.2) is 50.3 Å². The molecule has 0 aromatic heterocycles. The summed E-state index contributed by atoms with van der Waals surface area (Å²) in [6, 6.07) is 17.5. The molecule has 0 fully saturated rings. The Morgan fingerprint density at radius 2 is 1.53 bits per heavy atom. The molecule has 1 heterocycles. The van der Waals surface area contributed by atoms with Gasteiger partial charge in [-0.05, 0) is 62.2 Å². The Kier molecular flexibility index (Phi) is 7.87. The van der Waals surface area contributed by atoms with E-state index in [0.717, 1.165) is 5.56 Å². The standard InChI is InChI=1S/C27H25N3O7S/c1-18-11-13-21(14-12-18)38(35,36)29-27(34)28-20-8-6-7-19(17-20)26(33)37-16-5-4-15-30-24(31)22-9-2-3-10-23(22)25(30)32/h2-3,6-14,17H,4-5,15-16H2,1H3,(H2,28,29,34). The van der Waals surface area contributed by atoms with E-state index in [-0.39, 0.29) is 41.1 Å². The van der Waals surface area contributed by atoms with Crippen molar-refractivity contribution >= 4 is 39.5 Å². The van der Waals surface area contributed by atoms with Gasteiger partial charge in [-0.25, -0.2) is 22.7 Å². The maximum atomic E-state index is 12.4. The number of hydrogen-bond acceptors (Lipinski definition) is 7. The van der Waals surface area contributed by atoms with Crippen LogP contribution in [0.2, 0.25) is 0 Å². The molecule has 0 saturated carbocycles. The highest BCUT2D eigenvalue weighted by Gasteiger charge is 2.34. The molecule has 1 aliphatic rings. The topological polar surface area (TPSA) is 139 Å². The van der Waals surface area contributed by atoms with Gasteiger partial charge in [0.2, 0.25) is 0 Å². The van der Waals surface area contributed by atoms with Crippen LogP contribution in [0.3, 0.4) is 0 Å². The van der Waals surface area contributed by atoms with Gasteiger partial charge in [0.05, 0.1) is 28.2 Å². The van der Waals surface area contributed by atoms with Crippen molar-refractivity contribution in [1.82, 2.24) is 9.62 Å². The number of aryl methyl sites for hydroxylation is 1. The molecule has 0 saturated heterocycles. The highest BCUT2D eigenvalue weighted by molar-refractivity contribution is 7.90. The van der Waals surface area contributed by atoms with Gasteiger partial charge in [-0.1, -0.05) is 35.9 Å². The van der Waals surface area contributed by atoms with Crippen LogP contribution in [0.5, 0.6) is 0 Å². The maximum absolute atomic E-state index is 12.4. The molecule has 3 aromatic carbocycles. The van der Waals surface area contributed by atoms with E-state index in [1.54, 1.807) is 36.4 Å². The minimum Gasteiger partial charge on any atom is -0.462 e. The van der Waals surface area contributed by atoms with Crippen LogP contribution in [0.1, 0.15) is 49.5 Å². The van der Waals surface area contributed by atoms with Crippen LogP contribution >= 0.6 is 0 Å². The number of benzene rings is 3. The lowest BCUT2D eigenvalue weighted by Gasteiger charge is -2.13. The Balaban J connectivity index is 1.24. The largest absolute Gasteiger partial charge is 0.462 e. The zero-order valence-corrected chi connectivity index (χ0v) is 21.3. The van der Waals surface area contributed by atoms with Crippen LogP contribution in [0.4, 0.5) is 10.5 Å². The lowest BCUT2D eigenvalue weighted by Crippen LogP contribution is -2.34. The summed E-state index contributed by atoms with van der Waals surface area (Å²) in [5, 5.41) is 2.39. The third-order valence-corrected chi connectivity index (χ3v) is 7.15. The van der Waals surface area contributed by atoms with E-state index in [1.165, 1.54) is 41.3 Å². The molecule has 3 aromatic rings. The average Bonchev–Trinajstić information content (AvgIpc) is 3.13. The molecule has 1 aliphatic heterocycles. The van der Waals surface area contributed by atoms with Crippen molar-refractivity contribution in [2.24, 2.45) is 0 Å². The molecule has 0 radical (unpaired) electrons. The van der Waals surface area contributed by atoms with Gasteiger partial charge in [0, 0.05) is 12.2 Å². The third kappa shape index (κ3) is 6.06. The Morgan fingerprint density at radius 3 is 2.18 bits per heavy atom. The lowest BCUT2D eigenvalue weighted by atomic mass is 10.1. The van der Waals surface area contributed by atoms with Crippen LogP contribution in [0.25, 0.3) is 0 Å². The van der Waals surface area contributed by atoms with Crippen LogP contribution in [-0.2, 0) is 14.8 Å². The van der Waals surface area contributed by atoms with Gasteiger partial charge in [0.1, 0.15) is 0 Å². The van der Waals surface area contributed by atoms with Crippen molar-refractivity contribution in [1.29, 1.82) is 0 Å². The van der Waals surface area contributed by atoms with Crippen molar-refractivity contribution in [3.05, 3.63) is 95.1 Å². The summed E-state index contributed by atoms with van der Waals surface area (Å²) in [4.78, 5) is 50.6.